The molecule has 0 atom stereocenters. The van der Waals surface area contributed by atoms with E-state index in [2.05, 4.69) is 17.0 Å². The fourth-order valence-electron chi connectivity index (χ4n) is 3.68. The van der Waals surface area contributed by atoms with E-state index in [1.807, 2.05) is 0 Å². The molecule has 3 rings (SSSR count). The highest BCUT2D eigenvalue weighted by Gasteiger charge is 2.43. The van der Waals surface area contributed by atoms with Gasteiger partial charge in [-0.1, -0.05) is 18.5 Å². The van der Waals surface area contributed by atoms with Crippen LogP contribution >= 0.6 is 11.6 Å². The number of hydrogen-bond acceptors (Lipinski definition) is 5. The van der Waals surface area contributed by atoms with E-state index >= 15 is 0 Å². The number of anilines is 1. The lowest BCUT2D eigenvalue weighted by Gasteiger charge is -2.37. The standard InChI is InChI=1S/C22H24ClFN2O5S/c1-14-9-11-22(12-10-14,21(28)31-2)25-20(27)15-3-8-18(23)19(13-15)26-32(29,30)17-6-4-16(24)5-7-17/h3-8,13-14,26H,9-12H2,1-2H3,(H,25,27). The smallest absolute Gasteiger partial charge is 0.331 e. The van der Waals surface area contributed by atoms with Crippen LogP contribution in [0.25, 0.3) is 0 Å². The zero-order chi connectivity index (χ0) is 23.5. The monoisotopic (exact) mass is 482 g/mol. The molecule has 2 aromatic carbocycles. The minimum atomic E-state index is -4.06. The van der Waals surface area contributed by atoms with Gasteiger partial charge in [0, 0.05) is 5.56 Å². The Balaban J connectivity index is 1.85. The Morgan fingerprint density at radius 3 is 2.34 bits per heavy atom. The lowest BCUT2D eigenvalue weighted by atomic mass is 9.77. The van der Waals surface area contributed by atoms with E-state index in [-0.39, 0.29) is 21.2 Å². The highest BCUT2D eigenvalue weighted by molar-refractivity contribution is 7.92. The zero-order valence-corrected chi connectivity index (χ0v) is 19.2. The molecule has 1 amide bonds. The molecule has 32 heavy (non-hydrogen) atoms. The van der Waals surface area contributed by atoms with Crippen molar-refractivity contribution in [1.82, 2.24) is 5.32 Å². The maximum absolute atomic E-state index is 13.1. The topological polar surface area (TPSA) is 102 Å². The quantitative estimate of drug-likeness (QED) is 0.603. The van der Waals surface area contributed by atoms with Crippen LogP contribution < -0.4 is 10.0 Å². The second-order valence-electron chi connectivity index (χ2n) is 7.96. The number of rotatable bonds is 6. The summed E-state index contributed by atoms with van der Waals surface area (Å²) in [5, 5.41) is 2.86. The molecule has 0 aliphatic heterocycles. The number of ether oxygens (including phenoxy) is 1. The van der Waals surface area contributed by atoms with Crippen LogP contribution in [0.3, 0.4) is 0 Å². The first kappa shape index (κ1) is 24.0. The van der Waals surface area contributed by atoms with Crippen molar-refractivity contribution in [3.63, 3.8) is 0 Å². The van der Waals surface area contributed by atoms with Gasteiger partial charge in [-0.2, -0.15) is 0 Å². The summed E-state index contributed by atoms with van der Waals surface area (Å²) >= 11 is 6.14. The summed E-state index contributed by atoms with van der Waals surface area (Å²) in [4.78, 5) is 25.3. The van der Waals surface area contributed by atoms with Crippen molar-refractivity contribution in [2.24, 2.45) is 5.92 Å². The molecule has 10 heteroatoms. The molecule has 1 fully saturated rings. The SMILES string of the molecule is COC(=O)C1(NC(=O)c2ccc(Cl)c(NS(=O)(=O)c3ccc(F)cc3)c2)CCC(C)CC1. The third-order valence-corrected chi connectivity index (χ3v) is 7.36. The molecule has 0 spiro atoms. The van der Waals surface area contributed by atoms with Gasteiger partial charge < -0.3 is 10.1 Å². The van der Waals surface area contributed by atoms with Gasteiger partial charge in [-0.3, -0.25) is 9.52 Å². The minimum Gasteiger partial charge on any atom is -0.467 e. The first-order chi connectivity index (χ1) is 15.1. The van der Waals surface area contributed by atoms with Gasteiger partial charge in [0.25, 0.3) is 15.9 Å². The van der Waals surface area contributed by atoms with Gasteiger partial charge in [0.05, 0.1) is 22.7 Å². The van der Waals surface area contributed by atoms with Crippen LogP contribution in [-0.4, -0.2) is 32.9 Å². The highest BCUT2D eigenvalue weighted by atomic mass is 35.5. The van der Waals surface area contributed by atoms with Crippen molar-refractivity contribution in [3.8, 4) is 0 Å². The number of carbonyl (C=O) groups is 2. The van der Waals surface area contributed by atoms with Crippen LogP contribution in [0.1, 0.15) is 43.0 Å². The summed E-state index contributed by atoms with van der Waals surface area (Å²) in [6.07, 6.45) is 2.42. The van der Waals surface area contributed by atoms with Crippen molar-refractivity contribution in [2.45, 2.75) is 43.0 Å². The van der Waals surface area contributed by atoms with Gasteiger partial charge in [0.2, 0.25) is 0 Å². The molecule has 172 valence electrons. The average Bonchev–Trinajstić information content (AvgIpc) is 2.76. The number of esters is 1. The lowest BCUT2D eigenvalue weighted by Crippen LogP contribution is -2.56. The fraction of sp³-hybridized carbons (Fsp3) is 0.364. The molecule has 2 N–H and O–H groups in total. The normalized spacial score (nSPS) is 20.9. The average molecular weight is 483 g/mol. The molecule has 1 aliphatic rings. The second-order valence-corrected chi connectivity index (χ2v) is 10.1. The minimum absolute atomic E-state index is 0.0203. The molecule has 2 aromatic rings. The van der Waals surface area contributed by atoms with Crippen molar-refractivity contribution >= 4 is 39.2 Å². The van der Waals surface area contributed by atoms with Crippen LogP contribution in [0, 0.1) is 11.7 Å². The van der Waals surface area contributed by atoms with Crippen LogP contribution in [0.2, 0.25) is 5.02 Å². The summed E-state index contributed by atoms with van der Waals surface area (Å²) < 4.78 is 45.6. The zero-order valence-electron chi connectivity index (χ0n) is 17.7. The fourth-order valence-corrected chi connectivity index (χ4v) is 4.97. The number of carbonyl (C=O) groups excluding carboxylic acids is 2. The van der Waals surface area contributed by atoms with Crippen molar-refractivity contribution in [2.75, 3.05) is 11.8 Å². The molecule has 0 heterocycles. The second kappa shape index (κ2) is 9.46. The Morgan fingerprint density at radius 1 is 1.12 bits per heavy atom. The van der Waals surface area contributed by atoms with Gasteiger partial charge in [-0.15, -0.1) is 0 Å². The molecular weight excluding hydrogens is 459 g/mol. The van der Waals surface area contributed by atoms with E-state index < -0.39 is 33.3 Å². The molecule has 0 unspecified atom stereocenters. The van der Waals surface area contributed by atoms with Crippen molar-refractivity contribution in [3.05, 3.63) is 58.9 Å². The summed E-state index contributed by atoms with van der Waals surface area (Å²) in [6.45, 7) is 2.09. The molecule has 0 saturated heterocycles. The Kier molecular flexibility index (Phi) is 7.09. The predicted molar refractivity (Wildman–Crippen MR) is 119 cm³/mol. The molecular formula is C22H24ClFN2O5S. The van der Waals surface area contributed by atoms with Gasteiger partial charge in [-0.05, 0) is 74.1 Å². The van der Waals surface area contributed by atoms with Crippen LogP contribution in [0.15, 0.2) is 47.4 Å². The molecule has 0 aromatic heterocycles. The summed E-state index contributed by atoms with van der Waals surface area (Å²) in [6, 6.07) is 8.39. The summed E-state index contributed by atoms with van der Waals surface area (Å²) in [7, 11) is -2.79. The highest BCUT2D eigenvalue weighted by Crippen LogP contribution is 2.33. The van der Waals surface area contributed by atoms with Gasteiger partial charge in [0.1, 0.15) is 11.4 Å². The van der Waals surface area contributed by atoms with Crippen molar-refractivity contribution < 1.29 is 27.1 Å². The number of methoxy groups -OCH3 is 1. The Morgan fingerprint density at radius 2 is 1.75 bits per heavy atom. The number of benzene rings is 2. The third-order valence-electron chi connectivity index (χ3n) is 5.65. The molecule has 0 radical (unpaired) electrons. The van der Waals surface area contributed by atoms with Gasteiger partial charge in [0.15, 0.2) is 0 Å². The van der Waals surface area contributed by atoms with Crippen LogP contribution in [-0.2, 0) is 19.6 Å². The third kappa shape index (κ3) is 5.21. The number of nitrogens with one attached hydrogen (secondary N) is 2. The predicted octanol–water partition coefficient (Wildman–Crippen LogP) is 4.13. The molecule has 1 saturated carbocycles. The van der Waals surface area contributed by atoms with E-state index in [0.717, 1.165) is 37.1 Å². The maximum atomic E-state index is 13.1. The number of sulfonamides is 1. The summed E-state index contributed by atoms with van der Waals surface area (Å²) in [5.41, 5.74) is -1.03. The largest absolute Gasteiger partial charge is 0.467 e. The first-order valence-electron chi connectivity index (χ1n) is 10.1. The number of amides is 1. The van der Waals surface area contributed by atoms with E-state index in [4.69, 9.17) is 16.3 Å². The van der Waals surface area contributed by atoms with Crippen LogP contribution in [0.5, 0.6) is 0 Å². The summed E-state index contributed by atoms with van der Waals surface area (Å²) in [5.74, 6) is -1.20. The van der Waals surface area contributed by atoms with E-state index in [1.165, 1.54) is 25.3 Å². The Bertz CT molecular complexity index is 1110. The van der Waals surface area contributed by atoms with Crippen molar-refractivity contribution in [1.29, 1.82) is 0 Å². The molecule has 7 nitrogen and oxygen atoms in total. The Labute approximate surface area is 191 Å². The van der Waals surface area contributed by atoms with Gasteiger partial charge >= 0.3 is 5.97 Å². The lowest BCUT2D eigenvalue weighted by molar-refractivity contribution is -0.150. The Hall–Kier alpha value is -2.65. The van der Waals surface area contributed by atoms with E-state index in [1.54, 1.807) is 0 Å². The van der Waals surface area contributed by atoms with E-state index in [9.17, 15) is 22.4 Å². The number of halogens is 2. The first-order valence-corrected chi connectivity index (χ1v) is 11.9. The van der Waals surface area contributed by atoms with Crippen LogP contribution in [0.4, 0.5) is 10.1 Å². The van der Waals surface area contributed by atoms with E-state index in [0.29, 0.717) is 18.8 Å². The number of hydrogen-bond donors (Lipinski definition) is 2. The van der Waals surface area contributed by atoms with Gasteiger partial charge in [-0.25, -0.2) is 17.6 Å². The molecule has 0 bridgehead atoms. The maximum Gasteiger partial charge on any atom is 0.331 e. The molecule has 1 aliphatic carbocycles.